The molecule has 10 nitrogen and oxygen atoms in total. The number of hydrogen-bond donors (Lipinski definition) is 3. The van der Waals surface area contributed by atoms with Crippen molar-refractivity contribution in [3.63, 3.8) is 0 Å². The topological polar surface area (TPSA) is 124 Å². The van der Waals surface area contributed by atoms with Crippen molar-refractivity contribution in [3.8, 4) is 27.8 Å². The maximum absolute atomic E-state index is 13.1. The lowest BCUT2D eigenvalue weighted by molar-refractivity contribution is -0.119. The maximum Gasteiger partial charge on any atom is 0.320 e. The number of rotatable bonds is 10. The van der Waals surface area contributed by atoms with Crippen LogP contribution in [0.4, 0.5) is 15.6 Å². The molecule has 2 aromatic carbocycles. The minimum absolute atomic E-state index is 0.135. The number of methoxy groups -OCH3 is 3. The molecule has 1 heterocycles. The molecule has 0 saturated heterocycles. The Morgan fingerprint density at radius 1 is 0.971 bits per heavy atom. The fraction of sp³-hybridized carbons (Fsp3) is 0.333. The third-order valence-corrected chi connectivity index (χ3v) is 6.30. The monoisotopic (exact) mass is 499 g/mol. The molecule has 0 bridgehead atoms. The van der Waals surface area contributed by atoms with E-state index in [0.717, 1.165) is 5.56 Å². The van der Waals surface area contributed by atoms with Crippen LogP contribution in [-0.4, -0.2) is 49.5 Å². The molecule has 3 N–H and O–H groups in total. The van der Waals surface area contributed by atoms with Crippen LogP contribution in [0.25, 0.3) is 10.6 Å². The van der Waals surface area contributed by atoms with Crippen LogP contribution in [0.15, 0.2) is 42.5 Å². The first-order valence-electron chi connectivity index (χ1n) is 11.0. The normalized spacial score (nSPS) is 12.3. The van der Waals surface area contributed by atoms with E-state index in [9.17, 15) is 9.59 Å². The lowest BCUT2D eigenvalue weighted by Crippen LogP contribution is -2.49. The molecule has 0 fully saturated rings. The zero-order chi connectivity index (χ0) is 25.4. The van der Waals surface area contributed by atoms with E-state index in [2.05, 4.69) is 26.1 Å². The summed E-state index contributed by atoms with van der Waals surface area (Å²) < 4.78 is 15.7. The predicted octanol–water partition coefficient (Wildman–Crippen LogP) is 4.41. The third kappa shape index (κ3) is 6.60. The lowest BCUT2D eigenvalue weighted by atomic mass is 9.98. The summed E-state index contributed by atoms with van der Waals surface area (Å²) in [5.41, 5.74) is 1.27. The van der Waals surface area contributed by atoms with E-state index in [4.69, 9.17) is 14.2 Å². The van der Waals surface area contributed by atoms with E-state index < -0.39 is 12.1 Å². The van der Waals surface area contributed by atoms with E-state index in [1.165, 1.54) is 18.4 Å². The van der Waals surface area contributed by atoms with Crippen LogP contribution in [0, 0.1) is 5.92 Å². The first-order chi connectivity index (χ1) is 16.9. The molecule has 3 amide bonds. The number of ether oxygens (including phenoxy) is 3. The van der Waals surface area contributed by atoms with Gasteiger partial charge in [-0.25, -0.2) is 4.79 Å². The Morgan fingerprint density at radius 2 is 1.71 bits per heavy atom. The van der Waals surface area contributed by atoms with Gasteiger partial charge >= 0.3 is 6.03 Å². The molecule has 2 unspecified atom stereocenters. The first kappa shape index (κ1) is 25.8. The van der Waals surface area contributed by atoms with Crippen molar-refractivity contribution in [2.24, 2.45) is 5.92 Å². The summed E-state index contributed by atoms with van der Waals surface area (Å²) in [4.78, 5) is 25.8. The molecule has 0 radical (unpaired) electrons. The summed E-state index contributed by atoms with van der Waals surface area (Å²) in [6, 6.07) is 11.1. The zero-order valence-corrected chi connectivity index (χ0v) is 21.1. The number of urea groups is 1. The van der Waals surface area contributed by atoms with Gasteiger partial charge in [-0.3, -0.25) is 10.1 Å². The van der Waals surface area contributed by atoms with Gasteiger partial charge in [-0.2, -0.15) is 0 Å². The van der Waals surface area contributed by atoms with Gasteiger partial charge in [0.1, 0.15) is 28.3 Å². The second-order valence-corrected chi connectivity index (χ2v) is 8.64. The Kier molecular flexibility index (Phi) is 8.85. The van der Waals surface area contributed by atoms with Crippen LogP contribution in [0.3, 0.4) is 0 Å². The molecule has 1 aromatic heterocycles. The van der Waals surface area contributed by atoms with E-state index >= 15 is 0 Å². The van der Waals surface area contributed by atoms with Crippen LogP contribution < -0.4 is 30.2 Å². The minimum atomic E-state index is -0.798. The van der Waals surface area contributed by atoms with Crippen molar-refractivity contribution < 1.29 is 23.8 Å². The summed E-state index contributed by atoms with van der Waals surface area (Å²) >= 11 is 1.23. The minimum Gasteiger partial charge on any atom is -0.497 e. The van der Waals surface area contributed by atoms with Crippen LogP contribution in [0.5, 0.6) is 17.2 Å². The van der Waals surface area contributed by atoms with Gasteiger partial charge in [-0.15, -0.1) is 10.2 Å². The van der Waals surface area contributed by atoms with Crippen molar-refractivity contribution in [1.29, 1.82) is 0 Å². The molecule has 0 aliphatic rings. The highest BCUT2D eigenvalue weighted by Crippen LogP contribution is 2.30. The van der Waals surface area contributed by atoms with Gasteiger partial charge in [-0.1, -0.05) is 43.7 Å². The van der Waals surface area contributed by atoms with Gasteiger partial charge in [0.2, 0.25) is 11.0 Å². The smallest absolute Gasteiger partial charge is 0.320 e. The van der Waals surface area contributed by atoms with Crippen molar-refractivity contribution in [1.82, 2.24) is 15.5 Å². The number of carbonyl (C=O) groups is 2. The summed E-state index contributed by atoms with van der Waals surface area (Å²) in [6.45, 7) is 3.84. The second kappa shape index (κ2) is 12.0. The third-order valence-electron chi connectivity index (χ3n) is 5.41. The largest absolute Gasteiger partial charge is 0.497 e. The average molecular weight is 500 g/mol. The van der Waals surface area contributed by atoms with Crippen molar-refractivity contribution >= 4 is 34.1 Å². The predicted molar refractivity (Wildman–Crippen MR) is 135 cm³/mol. The number of anilines is 2. The Labute approximate surface area is 208 Å². The fourth-order valence-corrected chi connectivity index (χ4v) is 3.98. The first-order valence-corrected chi connectivity index (χ1v) is 11.8. The molecule has 11 heteroatoms. The number of hydrogen-bond acceptors (Lipinski definition) is 8. The van der Waals surface area contributed by atoms with Crippen molar-refractivity contribution in [3.05, 3.63) is 42.5 Å². The molecule has 3 aromatic rings. The number of benzene rings is 2. The van der Waals surface area contributed by atoms with Gasteiger partial charge < -0.3 is 24.8 Å². The zero-order valence-electron chi connectivity index (χ0n) is 20.2. The summed E-state index contributed by atoms with van der Waals surface area (Å²) in [7, 11) is 4.63. The molecule has 0 spiro atoms. The van der Waals surface area contributed by atoms with E-state index in [1.54, 1.807) is 32.4 Å². The molecule has 186 valence electrons. The van der Waals surface area contributed by atoms with Gasteiger partial charge in [0.15, 0.2) is 0 Å². The number of carbonyl (C=O) groups excluding carboxylic acids is 2. The van der Waals surface area contributed by atoms with E-state index in [0.29, 0.717) is 39.5 Å². The Bertz CT molecular complexity index is 1170. The van der Waals surface area contributed by atoms with E-state index in [1.807, 2.05) is 38.1 Å². The quantitative estimate of drug-likeness (QED) is 0.378. The lowest BCUT2D eigenvalue weighted by Gasteiger charge is -2.23. The van der Waals surface area contributed by atoms with Crippen LogP contribution in [-0.2, 0) is 4.79 Å². The molecule has 3 rings (SSSR count). The van der Waals surface area contributed by atoms with Gasteiger partial charge in [0.25, 0.3) is 0 Å². The summed E-state index contributed by atoms with van der Waals surface area (Å²) in [5.74, 6) is 1.20. The highest BCUT2D eigenvalue weighted by molar-refractivity contribution is 7.18. The molecule has 35 heavy (non-hydrogen) atoms. The molecule has 0 aliphatic carbocycles. The molecular weight excluding hydrogens is 470 g/mol. The highest BCUT2D eigenvalue weighted by atomic mass is 32.1. The van der Waals surface area contributed by atoms with Crippen LogP contribution in [0.2, 0.25) is 0 Å². The van der Waals surface area contributed by atoms with Crippen molar-refractivity contribution in [2.45, 2.75) is 26.3 Å². The van der Waals surface area contributed by atoms with Crippen LogP contribution in [0.1, 0.15) is 20.3 Å². The molecule has 0 saturated carbocycles. The van der Waals surface area contributed by atoms with Gasteiger partial charge in [0.05, 0.1) is 27.0 Å². The van der Waals surface area contributed by atoms with Gasteiger partial charge in [0, 0.05) is 11.6 Å². The summed E-state index contributed by atoms with van der Waals surface area (Å²) in [5, 5.41) is 17.5. The highest BCUT2D eigenvalue weighted by Gasteiger charge is 2.27. The summed E-state index contributed by atoms with van der Waals surface area (Å²) in [6.07, 6.45) is 0.676. The van der Waals surface area contributed by atoms with Crippen LogP contribution >= 0.6 is 11.3 Å². The standard InChI is InChI=1S/C24H29N5O5S/c1-6-14(2)20(26-23(31)25-18-11-10-17(33-4)13-19(18)34-5)21(30)27-24-29-28-22(35-24)15-8-7-9-16(12-15)32-3/h7-14,20H,6H2,1-5H3,(H2,25,26,31)(H,27,29,30). The average Bonchev–Trinajstić information content (AvgIpc) is 3.35. The van der Waals surface area contributed by atoms with E-state index in [-0.39, 0.29) is 11.8 Å². The Hall–Kier alpha value is -3.86. The maximum atomic E-state index is 13.1. The Morgan fingerprint density at radius 3 is 2.40 bits per heavy atom. The number of amides is 3. The van der Waals surface area contributed by atoms with Crippen molar-refractivity contribution in [2.75, 3.05) is 32.0 Å². The Balaban J connectivity index is 1.70. The molecule has 2 atom stereocenters. The number of nitrogens with one attached hydrogen (secondary N) is 3. The number of nitrogens with zero attached hydrogens (tertiary/aromatic N) is 2. The molecule has 0 aliphatic heterocycles. The second-order valence-electron chi connectivity index (χ2n) is 7.66. The SMILES string of the molecule is CCC(C)C(NC(=O)Nc1ccc(OC)cc1OC)C(=O)Nc1nnc(-c2cccc(OC)c2)s1. The number of aromatic nitrogens is 2. The fourth-order valence-electron chi connectivity index (χ4n) is 3.23. The molecular formula is C24H29N5O5S. The van der Waals surface area contributed by atoms with Gasteiger partial charge in [-0.05, 0) is 30.2 Å².